The van der Waals surface area contributed by atoms with E-state index in [1.165, 1.54) is 6.07 Å². The predicted octanol–water partition coefficient (Wildman–Crippen LogP) is 4.25. The number of benzene rings is 2. The first-order chi connectivity index (χ1) is 11.9. The highest BCUT2D eigenvalue weighted by Crippen LogP contribution is 2.31. The maximum Gasteiger partial charge on any atom is 0.449 e. The number of nitrogens with zero attached hydrogens (tertiary/aromatic N) is 2. The molecule has 0 aliphatic carbocycles. The van der Waals surface area contributed by atoms with E-state index in [4.69, 9.17) is 0 Å². The van der Waals surface area contributed by atoms with Crippen LogP contribution in [0.2, 0.25) is 0 Å². The Balaban J connectivity index is 1.76. The number of carbonyl (C=O) groups is 1. The van der Waals surface area contributed by atoms with Crippen LogP contribution in [0.15, 0.2) is 53.0 Å². The van der Waals surface area contributed by atoms with E-state index < -0.39 is 12.0 Å². The van der Waals surface area contributed by atoms with Gasteiger partial charge in [0.1, 0.15) is 0 Å². The molecule has 8 heteroatoms. The number of halogens is 4. The van der Waals surface area contributed by atoms with Crippen LogP contribution in [-0.2, 0) is 12.7 Å². The Morgan fingerprint density at radius 3 is 2.48 bits per heavy atom. The molecule has 1 N–H and O–H groups in total. The second kappa shape index (κ2) is 6.87. The minimum absolute atomic E-state index is 0.0301. The lowest BCUT2D eigenvalue weighted by atomic mass is 10.2. The van der Waals surface area contributed by atoms with Crippen LogP contribution in [0.1, 0.15) is 16.2 Å². The van der Waals surface area contributed by atoms with Gasteiger partial charge in [-0.15, -0.1) is 0 Å². The van der Waals surface area contributed by atoms with Crippen molar-refractivity contribution in [3.05, 3.63) is 64.4 Å². The highest BCUT2D eigenvalue weighted by atomic mass is 79.9. The van der Waals surface area contributed by atoms with Crippen LogP contribution in [0.3, 0.4) is 0 Å². The second-order valence-electron chi connectivity index (χ2n) is 5.34. The molecule has 1 aromatic heterocycles. The molecular formula is C17H13BrF3N3O. The summed E-state index contributed by atoms with van der Waals surface area (Å²) in [6.45, 7) is 0.0238. The summed E-state index contributed by atoms with van der Waals surface area (Å²) in [4.78, 5) is 15.7. The van der Waals surface area contributed by atoms with E-state index in [2.05, 4.69) is 26.2 Å². The van der Waals surface area contributed by atoms with Gasteiger partial charge in [-0.2, -0.15) is 13.2 Å². The van der Waals surface area contributed by atoms with Gasteiger partial charge in [0.15, 0.2) is 0 Å². The minimum Gasteiger partial charge on any atom is -0.350 e. The van der Waals surface area contributed by atoms with E-state index >= 15 is 0 Å². The van der Waals surface area contributed by atoms with Crippen molar-refractivity contribution in [1.82, 2.24) is 14.9 Å². The van der Waals surface area contributed by atoms with Gasteiger partial charge in [-0.05, 0) is 36.4 Å². The number of rotatable bonds is 4. The Kier molecular flexibility index (Phi) is 4.80. The van der Waals surface area contributed by atoms with Crippen molar-refractivity contribution < 1.29 is 18.0 Å². The average Bonchev–Trinajstić information content (AvgIpc) is 2.95. The summed E-state index contributed by atoms with van der Waals surface area (Å²) < 4.78 is 41.5. The topological polar surface area (TPSA) is 46.9 Å². The first-order valence-electron chi connectivity index (χ1n) is 7.42. The molecule has 1 amide bonds. The second-order valence-corrected chi connectivity index (χ2v) is 6.25. The van der Waals surface area contributed by atoms with Crippen molar-refractivity contribution in [2.24, 2.45) is 0 Å². The van der Waals surface area contributed by atoms with Gasteiger partial charge in [0.05, 0.1) is 11.0 Å². The molecule has 0 spiro atoms. The Labute approximate surface area is 149 Å². The van der Waals surface area contributed by atoms with Crippen molar-refractivity contribution >= 4 is 32.9 Å². The van der Waals surface area contributed by atoms with Crippen LogP contribution in [0.25, 0.3) is 11.0 Å². The number of hydrogen-bond acceptors (Lipinski definition) is 2. The van der Waals surface area contributed by atoms with Crippen LogP contribution in [-0.4, -0.2) is 22.0 Å². The summed E-state index contributed by atoms with van der Waals surface area (Å²) in [5, 5.41) is 2.63. The van der Waals surface area contributed by atoms with Gasteiger partial charge in [0.25, 0.3) is 5.91 Å². The summed E-state index contributed by atoms with van der Waals surface area (Å²) in [5.41, 5.74) is 1.09. The third kappa shape index (κ3) is 3.84. The number of imidazole rings is 1. The first-order valence-corrected chi connectivity index (χ1v) is 8.22. The summed E-state index contributed by atoms with van der Waals surface area (Å²) in [6.07, 6.45) is -4.56. The van der Waals surface area contributed by atoms with E-state index in [0.29, 0.717) is 11.1 Å². The van der Waals surface area contributed by atoms with Gasteiger partial charge in [0.2, 0.25) is 5.82 Å². The molecule has 0 atom stereocenters. The normalized spacial score (nSPS) is 11.7. The molecule has 0 unspecified atom stereocenters. The molecule has 3 aromatic rings. The largest absolute Gasteiger partial charge is 0.449 e. The highest BCUT2D eigenvalue weighted by Gasteiger charge is 2.37. The molecule has 0 saturated carbocycles. The molecular weight excluding hydrogens is 399 g/mol. The zero-order chi connectivity index (χ0) is 18.0. The fourth-order valence-electron chi connectivity index (χ4n) is 2.50. The lowest BCUT2D eigenvalue weighted by molar-refractivity contribution is -0.146. The fourth-order valence-corrected chi connectivity index (χ4v) is 2.77. The van der Waals surface area contributed by atoms with E-state index in [1.54, 1.807) is 42.5 Å². The summed E-state index contributed by atoms with van der Waals surface area (Å²) in [5.74, 6) is -1.31. The van der Waals surface area contributed by atoms with E-state index in [0.717, 1.165) is 9.04 Å². The molecule has 0 fully saturated rings. The lowest BCUT2D eigenvalue weighted by Gasteiger charge is -2.12. The number of alkyl halides is 3. The molecule has 0 aliphatic heterocycles. The average molecular weight is 412 g/mol. The van der Waals surface area contributed by atoms with Gasteiger partial charge in [0, 0.05) is 23.1 Å². The molecule has 0 bridgehead atoms. The molecule has 25 heavy (non-hydrogen) atoms. The predicted molar refractivity (Wildman–Crippen MR) is 91.2 cm³/mol. The third-order valence-corrected chi connectivity index (χ3v) is 4.16. The van der Waals surface area contributed by atoms with Crippen LogP contribution in [0.4, 0.5) is 13.2 Å². The van der Waals surface area contributed by atoms with Crippen molar-refractivity contribution in [1.29, 1.82) is 0 Å². The van der Waals surface area contributed by atoms with Crippen molar-refractivity contribution in [3.63, 3.8) is 0 Å². The lowest BCUT2D eigenvalue weighted by Crippen LogP contribution is -2.28. The molecule has 0 saturated heterocycles. The quantitative estimate of drug-likeness (QED) is 0.697. The molecule has 0 aliphatic rings. The summed E-state index contributed by atoms with van der Waals surface area (Å²) >= 11 is 3.27. The first kappa shape index (κ1) is 17.5. The SMILES string of the molecule is O=C(NCCn1c(C(F)(F)F)nc2ccccc21)c1ccc(Br)cc1. The van der Waals surface area contributed by atoms with E-state index in [9.17, 15) is 18.0 Å². The van der Waals surface area contributed by atoms with Crippen LogP contribution >= 0.6 is 15.9 Å². The summed E-state index contributed by atoms with van der Waals surface area (Å²) in [7, 11) is 0. The summed E-state index contributed by atoms with van der Waals surface area (Å²) in [6, 6.07) is 13.1. The van der Waals surface area contributed by atoms with Crippen molar-refractivity contribution in [3.8, 4) is 0 Å². The minimum atomic E-state index is -4.56. The van der Waals surface area contributed by atoms with E-state index in [-0.39, 0.29) is 24.5 Å². The molecule has 1 heterocycles. The van der Waals surface area contributed by atoms with Gasteiger partial charge in [-0.3, -0.25) is 4.79 Å². The van der Waals surface area contributed by atoms with E-state index in [1.807, 2.05) is 0 Å². The highest BCUT2D eigenvalue weighted by molar-refractivity contribution is 9.10. The third-order valence-electron chi connectivity index (χ3n) is 3.64. The number of fused-ring (bicyclic) bond motifs is 1. The zero-order valence-electron chi connectivity index (χ0n) is 12.8. The molecule has 4 nitrogen and oxygen atoms in total. The maximum absolute atomic E-state index is 13.2. The molecule has 3 rings (SSSR count). The van der Waals surface area contributed by atoms with Crippen molar-refractivity contribution in [2.45, 2.75) is 12.7 Å². The van der Waals surface area contributed by atoms with Crippen LogP contribution in [0.5, 0.6) is 0 Å². The van der Waals surface area contributed by atoms with Gasteiger partial charge in [-0.1, -0.05) is 28.1 Å². The molecule has 0 radical (unpaired) electrons. The van der Waals surface area contributed by atoms with Crippen LogP contribution < -0.4 is 5.32 Å². The zero-order valence-corrected chi connectivity index (χ0v) is 14.4. The van der Waals surface area contributed by atoms with Gasteiger partial charge in [-0.25, -0.2) is 4.98 Å². The number of para-hydroxylation sites is 2. The number of nitrogens with one attached hydrogen (secondary N) is 1. The molecule has 130 valence electrons. The monoisotopic (exact) mass is 411 g/mol. The number of hydrogen-bond donors (Lipinski definition) is 1. The fraction of sp³-hybridized carbons (Fsp3) is 0.176. The number of amides is 1. The van der Waals surface area contributed by atoms with Crippen molar-refractivity contribution in [2.75, 3.05) is 6.54 Å². The Morgan fingerprint density at radius 1 is 1.12 bits per heavy atom. The Morgan fingerprint density at radius 2 is 1.80 bits per heavy atom. The van der Waals surface area contributed by atoms with Gasteiger partial charge < -0.3 is 9.88 Å². The van der Waals surface area contributed by atoms with Gasteiger partial charge >= 0.3 is 6.18 Å². The standard InChI is InChI=1S/C17H13BrF3N3O/c18-12-7-5-11(6-8-12)15(25)22-9-10-24-14-4-2-1-3-13(14)23-16(24)17(19,20)21/h1-8H,9-10H2,(H,22,25). The maximum atomic E-state index is 13.2. The van der Waals surface area contributed by atoms with Crippen LogP contribution in [0, 0.1) is 0 Å². The Hall–Kier alpha value is -2.35. The number of carbonyl (C=O) groups excluding carboxylic acids is 1. The smallest absolute Gasteiger partial charge is 0.350 e. The Bertz CT molecular complexity index is 904. The molecule has 2 aromatic carbocycles. The number of aromatic nitrogens is 2.